The summed E-state index contributed by atoms with van der Waals surface area (Å²) in [5.74, 6) is 1.39. The molecule has 84 valence electrons. The van der Waals surface area contributed by atoms with Gasteiger partial charge in [0.2, 0.25) is 0 Å². The second-order valence-electron chi connectivity index (χ2n) is 4.17. The van der Waals surface area contributed by atoms with Gasteiger partial charge in [0.05, 0.1) is 0 Å². The first-order valence-corrected chi connectivity index (χ1v) is 6.01. The van der Waals surface area contributed by atoms with Crippen molar-refractivity contribution in [1.29, 1.82) is 0 Å². The Kier molecular flexibility index (Phi) is 4.80. The van der Waals surface area contributed by atoms with Gasteiger partial charge in [-0.05, 0) is 42.4 Å². The summed E-state index contributed by atoms with van der Waals surface area (Å²) in [4.78, 5) is 0. The smallest absolute Gasteiger partial charge is 0.123 e. The van der Waals surface area contributed by atoms with Crippen LogP contribution in [0.5, 0.6) is 0 Å². The molecule has 1 aliphatic rings. The normalized spacial score (nSPS) is 24.5. The lowest BCUT2D eigenvalue weighted by Crippen LogP contribution is -1.93. The number of hydrogen-bond donors (Lipinski definition) is 0. The van der Waals surface area contributed by atoms with E-state index in [0.29, 0.717) is 5.92 Å². The van der Waals surface area contributed by atoms with Crippen molar-refractivity contribution >= 4 is 0 Å². The summed E-state index contributed by atoms with van der Waals surface area (Å²) < 4.78 is 12.7. The molecule has 0 aromatic heterocycles. The van der Waals surface area contributed by atoms with Crippen LogP contribution >= 0.6 is 0 Å². The number of halogens is 1. The van der Waals surface area contributed by atoms with Crippen LogP contribution < -0.4 is 0 Å². The van der Waals surface area contributed by atoms with Gasteiger partial charge in [-0.2, -0.15) is 0 Å². The molecule has 1 saturated carbocycles. The predicted octanol–water partition coefficient (Wildman–Crippen LogP) is 4.76. The molecule has 0 bridgehead atoms. The SMILES string of the molecule is CC.CC1CCC(c2ccc(F)cc2)C1. The molecule has 2 atom stereocenters. The van der Waals surface area contributed by atoms with E-state index in [4.69, 9.17) is 0 Å². The standard InChI is InChI=1S/C12H15F.C2H6/c1-9-2-3-11(8-9)10-4-6-12(13)7-5-10;1-2/h4-7,9,11H,2-3,8H2,1H3;1-2H3. The van der Waals surface area contributed by atoms with Crippen molar-refractivity contribution in [3.05, 3.63) is 35.6 Å². The minimum atomic E-state index is -0.130. The highest BCUT2D eigenvalue weighted by molar-refractivity contribution is 5.21. The van der Waals surface area contributed by atoms with Crippen LogP contribution in [0.2, 0.25) is 0 Å². The van der Waals surface area contributed by atoms with Crippen molar-refractivity contribution in [2.75, 3.05) is 0 Å². The van der Waals surface area contributed by atoms with Gasteiger partial charge < -0.3 is 0 Å². The minimum Gasteiger partial charge on any atom is -0.207 e. The molecule has 15 heavy (non-hydrogen) atoms. The van der Waals surface area contributed by atoms with Crippen LogP contribution in [0.4, 0.5) is 4.39 Å². The maximum Gasteiger partial charge on any atom is 0.123 e. The zero-order valence-electron chi connectivity index (χ0n) is 9.96. The third kappa shape index (κ3) is 3.33. The fourth-order valence-corrected chi connectivity index (χ4v) is 2.24. The summed E-state index contributed by atoms with van der Waals surface area (Å²) >= 11 is 0. The zero-order valence-corrected chi connectivity index (χ0v) is 9.96. The van der Waals surface area contributed by atoms with E-state index in [9.17, 15) is 4.39 Å². The summed E-state index contributed by atoms with van der Waals surface area (Å²) in [7, 11) is 0. The average Bonchev–Trinajstić information content (AvgIpc) is 2.69. The van der Waals surface area contributed by atoms with Crippen molar-refractivity contribution < 1.29 is 4.39 Å². The van der Waals surface area contributed by atoms with Gasteiger partial charge in [-0.1, -0.05) is 39.3 Å². The molecular weight excluding hydrogens is 187 g/mol. The molecule has 1 aromatic rings. The van der Waals surface area contributed by atoms with Crippen molar-refractivity contribution in [2.45, 2.75) is 46.0 Å². The molecule has 1 heteroatoms. The van der Waals surface area contributed by atoms with Gasteiger partial charge in [-0.25, -0.2) is 4.39 Å². The molecule has 0 spiro atoms. The number of hydrogen-bond acceptors (Lipinski definition) is 0. The first-order chi connectivity index (χ1) is 7.25. The van der Waals surface area contributed by atoms with E-state index < -0.39 is 0 Å². The highest BCUT2D eigenvalue weighted by atomic mass is 19.1. The number of rotatable bonds is 1. The Hall–Kier alpha value is -0.850. The highest BCUT2D eigenvalue weighted by Crippen LogP contribution is 2.37. The van der Waals surface area contributed by atoms with Crippen LogP contribution in [-0.2, 0) is 0 Å². The topological polar surface area (TPSA) is 0 Å². The summed E-state index contributed by atoms with van der Waals surface area (Å²) in [6, 6.07) is 6.99. The van der Waals surface area contributed by atoms with Crippen molar-refractivity contribution in [2.24, 2.45) is 5.92 Å². The predicted molar refractivity (Wildman–Crippen MR) is 63.5 cm³/mol. The maximum atomic E-state index is 12.7. The van der Waals surface area contributed by atoms with E-state index in [1.165, 1.54) is 24.8 Å². The van der Waals surface area contributed by atoms with Crippen molar-refractivity contribution in [3.63, 3.8) is 0 Å². The fourth-order valence-electron chi connectivity index (χ4n) is 2.24. The third-order valence-electron chi connectivity index (χ3n) is 3.04. The van der Waals surface area contributed by atoms with Gasteiger partial charge in [0.25, 0.3) is 0 Å². The molecule has 1 aliphatic carbocycles. The van der Waals surface area contributed by atoms with Crippen LogP contribution in [0, 0.1) is 11.7 Å². The summed E-state index contributed by atoms with van der Waals surface area (Å²) in [5.41, 5.74) is 1.31. The number of benzene rings is 1. The lowest BCUT2D eigenvalue weighted by atomic mass is 9.97. The molecule has 0 amide bonds. The van der Waals surface area contributed by atoms with Gasteiger partial charge in [-0.15, -0.1) is 0 Å². The third-order valence-corrected chi connectivity index (χ3v) is 3.04. The Balaban J connectivity index is 0.000000531. The first kappa shape index (κ1) is 12.2. The maximum absolute atomic E-state index is 12.7. The van der Waals surface area contributed by atoms with E-state index in [2.05, 4.69) is 6.92 Å². The Morgan fingerprint density at radius 1 is 1.07 bits per heavy atom. The lowest BCUT2D eigenvalue weighted by molar-refractivity contribution is 0.594. The quantitative estimate of drug-likeness (QED) is 0.624. The van der Waals surface area contributed by atoms with Gasteiger partial charge in [0, 0.05) is 0 Å². The van der Waals surface area contributed by atoms with Gasteiger partial charge in [-0.3, -0.25) is 0 Å². The summed E-state index contributed by atoms with van der Waals surface area (Å²) in [6.07, 6.45) is 3.86. The second kappa shape index (κ2) is 5.89. The van der Waals surface area contributed by atoms with E-state index in [0.717, 1.165) is 5.92 Å². The van der Waals surface area contributed by atoms with Crippen molar-refractivity contribution in [1.82, 2.24) is 0 Å². The van der Waals surface area contributed by atoms with Crippen molar-refractivity contribution in [3.8, 4) is 0 Å². The van der Waals surface area contributed by atoms with Crippen LogP contribution in [0.15, 0.2) is 24.3 Å². The van der Waals surface area contributed by atoms with Gasteiger partial charge >= 0.3 is 0 Å². The molecule has 2 unspecified atom stereocenters. The van der Waals surface area contributed by atoms with E-state index >= 15 is 0 Å². The van der Waals surface area contributed by atoms with Gasteiger partial charge in [0.15, 0.2) is 0 Å². The molecule has 1 aromatic carbocycles. The summed E-state index contributed by atoms with van der Waals surface area (Å²) in [6.45, 7) is 6.30. The lowest BCUT2D eigenvalue weighted by Gasteiger charge is -2.09. The Morgan fingerprint density at radius 3 is 2.13 bits per heavy atom. The van der Waals surface area contributed by atoms with E-state index in [-0.39, 0.29) is 5.82 Å². The van der Waals surface area contributed by atoms with Crippen LogP contribution in [0.1, 0.15) is 51.5 Å². The molecule has 0 nitrogen and oxygen atoms in total. The minimum absolute atomic E-state index is 0.130. The molecule has 0 aliphatic heterocycles. The molecule has 0 saturated heterocycles. The molecular formula is C14H21F. The summed E-state index contributed by atoms with van der Waals surface area (Å²) in [5, 5.41) is 0. The second-order valence-corrected chi connectivity index (χ2v) is 4.17. The molecule has 0 radical (unpaired) electrons. The van der Waals surface area contributed by atoms with Crippen LogP contribution in [0.3, 0.4) is 0 Å². The Bertz CT molecular complexity index is 276. The first-order valence-electron chi connectivity index (χ1n) is 6.01. The van der Waals surface area contributed by atoms with Crippen LogP contribution in [0.25, 0.3) is 0 Å². The highest BCUT2D eigenvalue weighted by Gasteiger charge is 2.22. The van der Waals surface area contributed by atoms with E-state index in [1.807, 2.05) is 26.0 Å². The molecule has 2 rings (SSSR count). The molecule has 0 N–H and O–H groups in total. The molecule has 1 fully saturated rings. The zero-order chi connectivity index (χ0) is 11.3. The Morgan fingerprint density at radius 2 is 1.67 bits per heavy atom. The fraction of sp³-hybridized carbons (Fsp3) is 0.571. The average molecular weight is 208 g/mol. The monoisotopic (exact) mass is 208 g/mol. The van der Waals surface area contributed by atoms with Gasteiger partial charge in [0.1, 0.15) is 5.82 Å². The van der Waals surface area contributed by atoms with Crippen LogP contribution in [-0.4, -0.2) is 0 Å². The largest absolute Gasteiger partial charge is 0.207 e. The van der Waals surface area contributed by atoms with E-state index in [1.54, 1.807) is 12.1 Å². The Labute approximate surface area is 92.5 Å². The molecule has 0 heterocycles.